The largest absolute Gasteiger partial charge is 0.403 e. The number of hydrogen-bond acceptors (Lipinski definition) is 4. The Morgan fingerprint density at radius 3 is 1.88 bits per heavy atom. The van der Waals surface area contributed by atoms with Gasteiger partial charge in [0.25, 0.3) is 0 Å². The summed E-state index contributed by atoms with van der Waals surface area (Å²) >= 11 is 0. The number of rotatable bonds is 4. The number of nitrogens with zero attached hydrogens (tertiary/aromatic N) is 1. The highest BCUT2D eigenvalue weighted by Gasteiger charge is 2.20. The molecule has 0 rings (SSSR count). The van der Waals surface area contributed by atoms with E-state index >= 15 is 0 Å². The fourth-order valence-electron chi connectivity index (χ4n) is 0.697. The number of hydrazine groups is 1. The molecule has 0 aromatic rings. The van der Waals surface area contributed by atoms with Crippen LogP contribution < -0.4 is 11.6 Å². The van der Waals surface area contributed by atoms with Gasteiger partial charge in [-0.25, -0.2) is 5.84 Å². The second-order valence-corrected chi connectivity index (χ2v) is 3.74. The van der Waals surface area contributed by atoms with Crippen LogP contribution in [0.25, 0.3) is 0 Å². The van der Waals surface area contributed by atoms with Crippen LogP contribution in [0, 0.1) is 0 Å². The van der Waals surface area contributed by atoms with Crippen molar-refractivity contribution in [1.29, 1.82) is 0 Å². The zero-order valence-corrected chi connectivity index (χ0v) is 11.8. The molecule has 0 bridgehead atoms. The van der Waals surface area contributed by atoms with Crippen LogP contribution in [0.5, 0.6) is 0 Å². The Bertz CT molecular complexity index is 147. The van der Waals surface area contributed by atoms with Crippen molar-refractivity contribution in [3.8, 4) is 0 Å². The molecule has 0 fully saturated rings. The lowest BCUT2D eigenvalue weighted by Gasteiger charge is -2.33. The second-order valence-electron chi connectivity index (χ2n) is 3.74. The van der Waals surface area contributed by atoms with Gasteiger partial charge in [-0.3, -0.25) is 0 Å². The van der Waals surface area contributed by atoms with E-state index in [1.54, 1.807) is 6.20 Å². The van der Waals surface area contributed by atoms with Crippen LogP contribution in [-0.4, -0.2) is 22.3 Å². The molecule has 0 saturated heterocycles. The summed E-state index contributed by atoms with van der Waals surface area (Å²) in [7, 11) is 0. The van der Waals surface area contributed by atoms with Crippen LogP contribution in [0.2, 0.25) is 0 Å². The lowest BCUT2D eigenvalue weighted by atomic mass is 10.0. The molecule has 0 aliphatic carbocycles. The fraction of sp³-hybridized carbons (Fsp3) is 0.833. The fourth-order valence-corrected chi connectivity index (χ4v) is 0.697. The van der Waals surface area contributed by atoms with Gasteiger partial charge in [-0.1, -0.05) is 34.1 Å². The van der Waals surface area contributed by atoms with E-state index in [1.807, 2.05) is 27.7 Å². The summed E-state index contributed by atoms with van der Waals surface area (Å²) in [5.74, 6) is 5.60. The van der Waals surface area contributed by atoms with E-state index < -0.39 is 0 Å². The summed E-state index contributed by atoms with van der Waals surface area (Å²) in [4.78, 5) is 0. The highest BCUT2D eigenvalue weighted by atomic mass is 16.3. The molecule has 0 aliphatic rings. The number of nitrogens with two attached hydrogens (primary N) is 2. The Hall–Kier alpha value is -0.740. The van der Waals surface area contributed by atoms with Gasteiger partial charge in [-0.2, -0.15) is 0 Å². The minimum absolute atomic E-state index is 0.124. The van der Waals surface area contributed by atoms with E-state index in [-0.39, 0.29) is 12.1 Å². The molecule has 0 amide bonds. The van der Waals surface area contributed by atoms with Crippen molar-refractivity contribution in [1.82, 2.24) is 5.01 Å². The molecule has 0 aliphatic heterocycles. The standard InChI is InChI=1S/C7H17N3O.C3H8.C2H6/c1-7(2,3-6-11)10(9)5-4-8;1-3-2;1-2/h4-5,11H,3,6,8-9H2,1-2H3;3H2,1-2H3;1-2H3/b5-4-;;. The molecular formula is C12H31N3O. The van der Waals surface area contributed by atoms with Crippen molar-refractivity contribution in [3.05, 3.63) is 12.4 Å². The van der Waals surface area contributed by atoms with Gasteiger partial charge in [0.1, 0.15) is 0 Å². The maximum Gasteiger partial charge on any atom is 0.0520 e. The monoisotopic (exact) mass is 233 g/mol. The number of aliphatic hydroxyl groups is 1. The van der Waals surface area contributed by atoms with E-state index in [1.165, 1.54) is 17.6 Å². The Morgan fingerprint density at radius 1 is 1.25 bits per heavy atom. The molecule has 0 aromatic carbocycles. The second kappa shape index (κ2) is 14.3. The molecule has 4 nitrogen and oxygen atoms in total. The highest BCUT2D eigenvalue weighted by Crippen LogP contribution is 2.14. The first kappa shape index (κ1) is 20.6. The van der Waals surface area contributed by atoms with Gasteiger partial charge in [0.05, 0.1) is 5.54 Å². The Balaban J connectivity index is -0.000000289. The molecule has 5 N–H and O–H groups in total. The van der Waals surface area contributed by atoms with Gasteiger partial charge in [-0.05, 0) is 20.3 Å². The van der Waals surface area contributed by atoms with Gasteiger partial charge >= 0.3 is 0 Å². The third-order valence-electron chi connectivity index (χ3n) is 1.67. The maximum atomic E-state index is 8.68. The van der Waals surface area contributed by atoms with Crippen molar-refractivity contribution in [2.75, 3.05) is 6.61 Å². The van der Waals surface area contributed by atoms with Crippen LogP contribution in [0.3, 0.4) is 0 Å². The summed E-state index contributed by atoms with van der Waals surface area (Å²) in [6, 6.07) is 0. The van der Waals surface area contributed by atoms with Crippen molar-refractivity contribution in [2.45, 2.75) is 59.9 Å². The average Bonchev–Trinajstić information content (AvgIpc) is 2.22. The lowest BCUT2D eigenvalue weighted by Crippen LogP contribution is -2.45. The van der Waals surface area contributed by atoms with E-state index in [0.29, 0.717) is 6.42 Å². The number of aliphatic hydroxyl groups excluding tert-OH is 1. The first-order chi connectivity index (χ1) is 7.46. The third kappa shape index (κ3) is 13.3. The van der Waals surface area contributed by atoms with Crippen molar-refractivity contribution in [3.63, 3.8) is 0 Å². The molecule has 0 spiro atoms. The predicted octanol–water partition coefficient (Wildman–Crippen LogP) is 2.20. The zero-order valence-electron chi connectivity index (χ0n) is 11.8. The first-order valence-corrected chi connectivity index (χ1v) is 5.99. The van der Waals surface area contributed by atoms with Crippen LogP contribution in [0.4, 0.5) is 0 Å². The van der Waals surface area contributed by atoms with Crippen LogP contribution in [0.15, 0.2) is 12.4 Å². The smallest absolute Gasteiger partial charge is 0.0520 e. The Kier molecular flexibility index (Phi) is 18.4. The van der Waals surface area contributed by atoms with E-state index in [0.717, 1.165) is 0 Å². The van der Waals surface area contributed by atoms with Crippen molar-refractivity contribution < 1.29 is 5.11 Å². The molecule has 0 atom stereocenters. The van der Waals surface area contributed by atoms with Crippen molar-refractivity contribution in [2.24, 2.45) is 11.6 Å². The molecular weight excluding hydrogens is 202 g/mol. The Morgan fingerprint density at radius 2 is 1.62 bits per heavy atom. The van der Waals surface area contributed by atoms with Gasteiger partial charge in [0.15, 0.2) is 0 Å². The molecule has 16 heavy (non-hydrogen) atoms. The minimum Gasteiger partial charge on any atom is -0.403 e. The van der Waals surface area contributed by atoms with E-state index in [2.05, 4.69) is 13.8 Å². The van der Waals surface area contributed by atoms with Crippen LogP contribution in [0.1, 0.15) is 54.4 Å². The molecule has 0 radical (unpaired) electrons. The lowest BCUT2D eigenvalue weighted by molar-refractivity contribution is 0.137. The predicted molar refractivity (Wildman–Crippen MR) is 72.4 cm³/mol. The topological polar surface area (TPSA) is 75.5 Å². The first-order valence-electron chi connectivity index (χ1n) is 5.99. The van der Waals surface area contributed by atoms with E-state index in [9.17, 15) is 0 Å². The molecule has 0 heterocycles. The highest BCUT2D eigenvalue weighted by molar-refractivity contribution is 4.86. The summed E-state index contributed by atoms with van der Waals surface area (Å²) < 4.78 is 0. The normalized spacial score (nSPS) is 10.0. The zero-order chi connectivity index (χ0) is 13.6. The van der Waals surface area contributed by atoms with Crippen LogP contribution in [-0.2, 0) is 0 Å². The quantitative estimate of drug-likeness (QED) is 0.514. The SMILES string of the molecule is CC.CC(C)(CCO)N(N)/C=C\N.CCC. The molecule has 0 aromatic heterocycles. The maximum absolute atomic E-state index is 8.68. The number of hydrogen-bond donors (Lipinski definition) is 3. The molecule has 100 valence electrons. The summed E-state index contributed by atoms with van der Waals surface area (Å²) in [6.07, 6.45) is 4.82. The van der Waals surface area contributed by atoms with Crippen molar-refractivity contribution >= 4 is 0 Å². The van der Waals surface area contributed by atoms with Gasteiger partial charge in [0.2, 0.25) is 0 Å². The van der Waals surface area contributed by atoms with Gasteiger partial charge in [-0.15, -0.1) is 0 Å². The summed E-state index contributed by atoms with van der Waals surface area (Å²) in [5, 5.41) is 10.2. The Labute approximate surface area is 101 Å². The molecule has 4 heteroatoms. The minimum atomic E-state index is -0.245. The summed E-state index contributed by atoms with van der Waals surface area (Å²) in [5.41, 5.74) is 4.91. The molecule has 0 unspecified atom stereocenters. The van der Waals surface area contributed by atoms with E-state index in [4.69, 9.17) is 16.7 Å². The van der Waals surface area contributed by atoms with Gasteiger partial charge in [0, 0.05) is 19.0 Å². The summed E-state index contributed by atoms with van der Waals surface area (Å²) in [6.45, 7) is 12.2. The molecule has 0 saturated carbocycles. The van der Waals surface area contributed by atoms with Gasteiger partial charge < -0.3 is 15.8 Å². The average molecular weight is 233 g/mol. The third-order valence-corrected chi connectivity index (χ3v) is 1.67. The van der Waals surface area contributed by atoms with Crippen LogP contribution >= 0.6 is 0 Å².